The minimum absolute atomic E-state index is 0.106. The van der Waals surface area contributed by atoms with Gasteiger partial charge in [-0.2, -0.15) is 0 Å². The highest BCUT2D eigenvalue weighted by molar-refractivity contribution is 5.73. The first kappa shape index (κ1) is 12.6. The Morgan fingerprint density at radius 2 is 2.31 bits per heavy atom. The molecule has 0 saturated heterocycles. The molecule has 0 fully saturated rings. The lowest BCUT2D eigenvalue weighted by atomic mass is 10.2. The number of hydrogen-bond donors (Lipinski definition) is 3. The van der Waals surface area contributed by atoms with E-state index in [0.717, 1.165) is 0 Å². The third kappa shape index (κ3) is 4.35. The molecular formula is C11H18N2O3. The molecular weight excluding hydrogens is 208 g/mol. The van der Waals surface area contributed by atoms with Crippen LogP contribution < -0.4 is 10.6 Å². The lowest BCUT2D eigenvalue weighted by Crippen LogP contribution is -2.40. The fraction of sp³-hybridized carbons (Fsp3) is 0.545. The van der Waals surface area contributed by atoms with Gasteiger partial charge in [0.25, 0.3) is 0 Å². The molecule has 1 atom stereocenters. The SMILES string of the molecule is CC(C)NC(=O)NCCC(O)c1ccco1. The standard InChI is InChI=1S/C11H18N2O3/c1-8(2)13-11(15)12-6-5-9(14)10-4-3-7-16-10/h3-4,7-9,14H,5-6H2,1-2H3,(H2,12,13,15). The highest BCUT2D eigenvalue weighted by atomic mass is 16.4. The second kappa shape index (κ2) is 6.17. The van der Waals surface area contributed by atoms with Gasteiger partial charge in [0.2, 0.25) is 0 Å². The molecule has 0 aliphatic rings. The minimum atomic E-state index is -0.672. The molecule has 5 nitrogen and oxygen atoms in total. The number of carbonyl (C=O) groups excluding carboxylic acids is 1. The number of aliphatic hydroxyl groups excluding tert-OH is 1. The third-order valence-corrected chi connectivity index (χ3v) is 1.99. The molecule has 5 heteroatoms. The topological polar surface area (TPSA) is 74.5 Å². The first-order valence-corrected chi connectivity index (χ1v) is 5.35. The van der Waals surface area contributed by atoms with E-state index >= 15 is 0 Å². The number of hydrogen-bond acceptors (Lipinski definition) is 3. The minimum Gasteiger partial charge on any atom is -0.467 e. The zero-order chi connectivity index (χ0) is 12.0. The molecule has 3 N–H and O–H groups in total. The molecule has 0 aliphatic carbocycles. The van der Waals surface area contributed by atoms with Crippen molar-refractivity contribution in [3.63, 3.8) is 0 Å². The van der Waals surface area contributed by atoms with E-state index in [1.54, 1.807) is 12.1 Å². The molecule has 0 aliphatic heterocycles. The van der Waals surface area contributed by atoms with Crippen molar-refractivity contribution in [2.75, 3.05) is 6.54 Å². The van der Waals surface area contributed by atoms with Crippen LogP contribution in [-0.2, 0) is 0 Å². The molecule has 1 heterocycles. The van der Waals surface area contributed by atoms with Crippen molar-refractivity contribution in [3.8, 4) is 0 Å². The zero-order valence-corrected chi connectivity index (χ0v) is 9.56. The number of nitrogens with one attached hydrogen (secondary N) is 2. The average molecular weight is 226 g/mol. The molecule has 1 aromatic heterocycles. The van der Waals surface area contributed by atoms with E-state index in [9.17, 15) is 9.90 Å². The summed E-state index contributed by atoms with van der Waals surface area (Å²) < 4.78 is 5.04. The van der Waals surface area contributed by atoms with Crippen LogP contribution in [0.4, 0.5) is 4.79 Å². The summed E-state index contributed by atoms with van der Waals surface area (Å²) in [4.78, 5) is 11.2. The van der Waals surface area contributed by atoms with Crippen molar-refractivity contribution in [1.29, 1.82) is 0 Å². The maximum Gasteiger partial charge on any atom is 0.314 e. The van der Waals surface area contributed by atoms with Crippen molar-refractivity contribution >= 4 is 6.03 Å². The third-order valence-electron chi connectivity index (χ3n) is 1.99. The maximum atomic E-state index is 11.2. The summed E-state index contributed by atoms with van der Waals surface area (Å²) in [5.74, 6) is 0.520. The normalized spacial score (nSPS) is 12.5. The van der Waals surface area contributed by atoms with Crippen molar-refractivity contribution in [1.82, 2.24) is 10.6 Å². The molecule has 2 amide bonds. The summed E-state index contributed by atoms with van der Waals surface area (Å²) in [6.45, 7) is 4.18. The predicted molar refractivity (Wildman–Crippen MR) is 60.0 cm³/mol. The smallest absolute Gasteiger partial charge is 0.314 e. The Hall–Kier alpha value is -1.49. The first-order chi connectivity index (χ1) is 7.59. The van der Waals surface area contributed by atoms with Gasteiger partial charge in [-0.3, -0.25) is 0 Å². The van der Waals surface area contributed by atoms with E-state index in [-0.39, 0.29) is 12.1 Å². The molecule has 1 aromatic rings. The van der Waals surface area contributed by atoms with Crippen LogP contribution in [0.25, 0.3) is 0 Å². The highest BCUT2D eigenvalue weighted by Crippen LogP contribution is 2.15. The Morgan fingerprint density at radius 3 is 2.88 bits per heavy atom. The number of carbonyl (C=O) groups is 1. The predicted octanol–water partition coefficient (Wildman–Crippen LogP) is 1.41. The Kier molecular flexibility index (Phi) is 4.85. The Labute approximate surface area is 94.8 Å². The average Bonchev–Trinajstić information content (AvgIpc) is 2.68. The molecule has 0 saturated carbocycles. The van der Waals surface area contributed by atoms with Crippen LogP contribution in [0, 0.1) is 0 Å². The lowest BCUT2D eigenvalue weighted by Gasteiger charge is -2.11. The van der Waals surface area contributed by atoms with Gasteiger partial charge in [0.1, 0.15) is 11.9 Å². The van der Waals surface area contributed by atoms with E-state index in [2.05, 4.69) is 10.6 Å². The van der Waals surface area contributed by atoms with Crippen molar-refractivity contribution in [2.24, 2.45) is 0 Å². The van der Waals surface area contributed by atoms with E-state index in [0.29, 0.717) is 18.7 Å². The Bertz CT molecular complexity index is 309. The van der Waals surface area contributed by atoms with Crippen molar-refractivity contribution in [2.45, 2.75) is 32.4 Å². The Balaban J connectivity index is 2.18. The van der Waals surface area contributed by atoms with Gasteiger partial charge in [0, 0.05) is 12.6 Å². The van der Waals surface area contributed by atoms with Crippen LogP contribution in [0.2, 0.25) is 0 Å². The quantitative estimate of drug-likeness (QED) is 0.710. The largest absolute Gasteiger partial charge is 0.467 e. The molecule has 1 unspecified atom stereocenters. The van der Waals surface area contributed by atoms with Gasteiger partial charge < -0.3 is 20.2 Å². The Morgan fingerprint density at radius 1 is 1.56 bits per heavy atom. The number of furan rings is 1. The second-order valence-electron chi connectivity index (χ2n) is 3.87. The number of amides is 2. The van der Waals surface area contributed by atoms with Crippen molar-refractivity contribution in [3.05, 3.63) is 24.2 Å². The molecule has 0 spiro atoms. The summed E-state index contributed by atoms with van der Waals surface area (Å²) in [5, 5.41) is 15.0. The van der Waals surface area contributed by atoms with Crippen LogP contribution in [-0.4, -0.2) is 23.7 Å². The molecule has 0 radical (unpaired) electrons. The van der Waals surface area contributed by atoms with Gasteiger partial charge in [-0.05, 0) is 32.4 Å². The lowest BCUT2D eigenvalue weighted by molar-refractivity contribution is 0.140. The summed E-state index contributed by atoms with van der Waals surface area (Å²) >= 11 is 0. The van der Waals surface area contributed by atoms with Crippen LogP contribution >= 0.6 is 0 Å². The maximum absolute atomic E-state index is 11.2. The molecule has 16 heavy (non-hydrogen) atoms. The van der Waals surface area contributed by atoms with Gasteiger partial charge in [-0.1, -0.05) is 0 Å². The molecule has 1 rings (SSSR count). The van der Waals surface area contributed by atoms with Gasteiger partial charge in [0.15, 0.2) is 0 Å². The fourth-order valence-corrected chi connectivity index (χ4v) is 1.26. The van der Waals surface area contributed by atoms with Gasteiger partial charge >= 0.3 is 6.03 Å². The van der Waals surface area contributed by atoms with E-state index in [1.807, 2.05) is 13.8 Å². The highest BCUT2D eigenvalue weighted by Gasteiger charge is 2.10. The van der Waals surface area contributed by atoms with E-state index in [4.69, 9.17) is 4.42 Å². The van der Waals surface area contributed by atoms with Crippen LogP contribution in [0.5, 0.6) is 0 Å². The first-order valence-electron chi connectivity index (χ1n) is 5.35. The van der Waals surface area contributed by atoms with E-state index < -0.39 is 6.10 Å². The van der Waals surface area contributed by atoms with Gasteiger partial charge in [-0.25, -0.2) is 4.79 Å². The van der Waals surface area contributed by atoms with Gasteiger partial charge in [0.05, 0.1) is 6.26 Å². The van der Waals surface area contributed by atoms with Crippen LogP contribution in [0.15, 0.2) is 22.8 Å². The summed E-state index contributed by atoms with van der Waals surface area (Å²) in [5.41, 5.74) is 0. The summed E-state index contributed by atoms with van der Waals surface area (Å²) in [7, 11) is 0. The van der Waals surface area contributed by atoms with E-state index in [1.165, 1.54) is 6.26 Å². The van der Waals surface area contributed by atoms with Crippen molar-refractivity contribution < 1.29 is 14.3 Å². The second-order valence-corrected chi connectivity index (χ2v) is 3.87. The number of aliphatic hydroxyl groups is 1. The zero-order valence-electron chi connectivity index (χ0n) is 9.56. The fourth-order valence-electron chi connectivity index (χ4n) is 1.26. The summed E-state index contributed by atoms with van der Waals surface area (Å²) in [6.07, 6.45) is 1.27. The number of rotatable bonds is 5. The molecule has 0 bridgehead atoms. The molecule has 0 aromatic carbocycles. The number of urea groups is 1. The van der Waals surface area contributed by atoms with Gasteiger partial charge in [-0.15, -0.1) is 0 Å². The van der Waals surface area contributed by atoms with Crippen LogP contribution in [0.3, 0.4) is 0 Å². The molecule has 90 valence electrons. The van der Waals surface area contributed by atoms with Crippen LogP contribution in [0.1, 0.15) is 32.1 Å². The summed E-state index contributed by atoms with van der Waals surface area (Å²) in [6, 6.07) is 3.31. The monoisotopic (exact) mass is 226 g/mol.